The van der Waals surface area contributed by atoms with Gasteiger partial charge in [0.2, 0.25) is 0 Å². The third kappa shape index (κ3) is 4.97. The van der Waals surface area contributed by atoms with Crippen LogP contribution in [0.5, 0.6) is 11.5 Å². The predicted molar refractivity (Wildman–Crippen MR) is 95.1 cm³/mol. The molecule has 0 spiro atoms. The van der Waals surface area contributed by atoms with Crippen molar-refractivity contribution in [2.75, 3.05) is 0 Å². The van der Waals surface area contributed by atoms with Gasteiger partial charge in [-0.1, -0.05) is 17.7 Å². The predicted octanol–water partition coefficient (Wildman–Crippen LogP) is 5.92. The highest BCUT2D eigenvalue weighted by atomic mass is 19.3. The van der Waals surface area contributed by atoms with Crippen LogP contribution in [0.3, 0.4) is 0 Å². The molecule has 0 N–H and O–H groups in total. The van der Waals surface area contributed by atoms with Crippen LogP contribution in [0.25, 0.3) is 23.1 Å². The Balaban J connectivity index is 1.89. The number of ether oxygens (including phenoxy) is 2. The summed E-state index contributed by atoms with van der Waals surface area (Å²) in [7, 11) is 0. The summed E-state index contributed by atoms with van der Waals surface area (Å²) < 4.78 is 58.5. The highest BCUT2D eigenvalue weighted by Gasteiger charge is 2.12. The molecular weight excluding hydrogens is 362 g/mol. The van der Waals surface area contributed by atoms with Gasteiger partial charge in [0.25, 0.3) is 0 Å². The fraction of sp³-hybridized carbons (Fsp3) is 0.150. The van der Waals surface area contributed by atoms with E-state index < -0.39 is 13.2 Å². The normalized spacial score (nSPS) is 11.7. The van der Waals surface area contributed by atoms with Crippen molar-refractivity contribution >= 4 is 23.1 Å². The molecule has 0 aliphatic heterocycles. The molecule has 0 atom stereocenters. The van der Waals surface area contributed by atoms with Gasteiger partial charge in [-0.25, -0.2) is 4.98 Å². The van der Waals surface area contributed by atoms with E-state index in [2.05, 4.69) is 14.5 Å². The zero-order valence-corrected chi connectivity index (χ0v) is 14.2. The Kier molecular flexibility index (Phi) is 5.59. The van der Waals surface area contributed by atoms with Gasteiger partial charge in [0.05, 0.1) is 11.2 Å². The lowest BCUT2D eigenvalue weighted by molar-refractivity contribution is -0.0543. The summed E-state index contributed by atoms with van der Waals surface area (Å²) in [5.41, 5.74) is 2.81. The Morgan fingerprint density at radius 3 is 2.37 bits per heavy atom. The first-order valence-corrected chi connectivity index (χ1v) is 8.00. The first kappa shape index (κ1) is 18.7. The second-order valence-electron chi connectivity index (χ2n) is 5.72. The van der Waals surface area contributed by atoms with E-state index >= 15 is 0 Å². The van der Waals surface area contributed by atoms with E-state index in [9.17, 15) is 17.6 Å². The Labute approximate surface area is 152 Å². The maximum atomic E-state index is 12.6. The van der Waals surface area contributed by atoms with Gasteiger partial charge in [-0.15, -0.1) is 0 Å². The zero-order chi connectivity index (χ0) is 19.4. The number of benzene rings is 2. The van der Waals surface area contributed by atoms with Gasteiger partial charge in [-0.3, -0.25) is 0 Å². The molecule has 7 heteroatoms. The minimum atomic E-state index is -3.10. The number of hydrogen-bond acceptors (Lipinski definition) is 3. The minimum Gasteiger partial charge on any atom is -0.435 e. The van der Waals surface area contributed by atoms with Crippen LogP contribution in [-0.4, -0.2) is 18.2 Å². The molecule has 140 valence electrons. The number of aromatic nitrogens is 1. The number of fused-ring (bicyclic) bond motifs is 1. The molecule has 0 aliphatic rings. The maximum Gasteiger partial charge on any atom is 0.387 e. The van der Waals surface area contributed by atoms with Crippen LogP contribution in [0.2, 0.25) is 0 Å². The van der Waals surface area contributed by atoms with Crippen molar-refractivity contribution in [3.8, 4) is 11.5 Å². The molecule has 1 aromatic heterocycles. The molecule has 0 amide bonds. The van der Waals surface area contributed by atoms with Crippen LogP contribution >= 0.6 is 0 Å². The molecule has 0 bridgehead atoms. The minimum absolute atomic E-state index is 0.267. The summed E-state index contributed by atoms with van der Waals surface area (Å²) in [6.07, 6.45) is 3.15. The first-order chi connectivity index (χ1) is 12.9. The third-order valence-electron chi connectivity index (χ3n) is 3.73. The third-order valence-corrected chi connectivity index (χ3v) is 3.73. The summed E-state index contributed by atoms with van der Waals surface area (Å²) >= 11 is 0. The van der Waals surface area contributed by atoms with Gasteiger partial charge >= 0.3 is 13.2 Å². The lowest BCUT2D eigenvalue weighted by Crippen LogP contribution is -2.05. The van der Waals surface area contributed by atoms with Gasteiger partial charge < -0.3 is 9.47 Å². The number of hydrogen-bond donors (Lipinski definition) is 0. The van der Waals surface area contributed by atoms with Crippen LogP contribution in [0.1, 0.15) is 16.8 Å². The van der Waals surface area contributed by atoms with Crippen LogP contribution < -0.4 is 9.47 Å². The van der Waals surface area contributed by atoms with Crippen LogP contribution in [0, 0.1) is 6.92 Å². The maximum absolute atomic E-state index is 12.6. The standard InChI is InChI=1S/C20H15F4NO2/c1-12-2-9-17-14(10-12)4-7-15(25-17)6-3-13-5-8-16(26-19(21)22)11-18(13)27-20(23)24/h2-11,19-20H,1H3/b6-3+. The summed E-state index contributed by atoms with van der Waals surface area (Å²) in [5.74, 6) is -0.534. The topological polar surface area (TPSA) is 31.4 Å². The molecule has 2 aromatic carbocycles. The molecule has 0 saturated carbocycles. The molecule has 0 radical (unpaired) electrons. The van der Waals surface area contributed by atoms with Crippen molar-refractivity contribution in [3.63, 3.8) is 0 Å². The van der Waals surface area contributed by atoms with E-state index in [1.807, 2.05) is 31.2 Å². The quantitative estimate of drug-likeness (QED) is 0.500. The van der Waals surface area contributed by atoms with Gasteiger partial charge in [-0.05, 0) is 49.4 Å². The number of nitrogens with zero attached hydrogens (tertiary/aromatic N) is 1. The molecule has 1 heterocycles. The number of alkyl halides is 4. The molecule has 3 aromatic rings. The highest BCUT2D eigenvalue weighted by molar-refractivity contribution is 5.82. The molecule has 0 aliphatic carbocycles. The SMILES string of the molecule is Cc1ccc2nc(/C=C/c3ccc(OC(F)F)cc3OC(F)F)ccc2c1. The smallest absolute Gasteiger partial charge is 0.387 e. The van der Waals surface area contributed by atoms with Gasteiger partial charge in [0, 0.05) is 17.0 Å². The van der Waals surface area contributed by atoms with Crippen LogP contribution in [0.4, 0.5) is 17.6 Å². The van der Waals surface area contributed by atoms with E-state index in [1.54, 1.807) is 12.1 Å². The van der Waals surface area contributed by atoms with Gasteiger partial charge in [0.15, 0.2) is 0 Å². The number of halogens is 4. The summed E-state index contributed by atoms with van der Waals surface area (Å²) in [4.78, 5) is 4.48. The average molecular weight is 377 g/mol. The van der Waals surface area contributed by atoms with Crippen LogP contribution in [-0.2, 0) is 0 Å². The van der Waals surface area contributed by atoms with Crippen molar-refractivity contribution in [2.45, 2.75) is 20.1 Å². The summed E-state index contributed by atoms with van der Waals surface area (Å²) in [6.45, 7) is -4.17. The van der Waals surface area contributed by atoms with Gasteiger partial charge in [0.1, 0.15) is 11.5 Å². The second kappa shape index (κ2) is 8.07. The van der Waals surface area contributed by atoms with E-state index in [4.69, 9.17) is 0 Å². The Morgan fingerprint density at radius 2 is 1.63 bits per heavy atom. The Hall–Kier alpha value is -3.09. The monoisotopic (exact) mass is 377 g/mol. The number of aryl methyl sites for hydroxylation is 1. The van der Waals surface area contributed by atoms with Crippen molar-refractivity contribution in [2.24, 2.45) is 0 Å². The average Bonchev–Trinajstić information content (AvgIpc) is 2.60. The van der Waals surface area contributed by atoms with Crippen molar-refractivity contribution in [3.05, 3.63) is 65.4 Å². The largest absolute Gasteiger partial charge is 0.435 e. The summed E-state index contributed by atoms with van der Waals surface area (Å²) in [6, 6.07) is 13.1. The lowest BCUT2D eigenvalue weighted by Gasteiger charge is -2.11. The van der Waals surface area contributed by atoms with Crippen molar-refractivity contribution in [1.29, 1.82) is 0 Å². The highest BCUT2D eigenvalue weighted by Crippen LogP contribution is 2.29. The number of rotatable bonds is 6. The fourth-order valence-corrected chi connectivity index (χ4v) is 2.56. The van der Waals surface area contributed by atoms with E-state index in [1.165, 1.54) is 18.2 Å². The molecule has 27 heavy (non-hydrogen) atoms. The van der Waals surface area contributed by atoms with E-state index in [0.717, 1.165) is 22.5 Å². The second-order valence-corrected chi connectivity index (χ2v) is 5.72. The van der Waals surface area contributed by atoms with Crippen LogP contribution in [0.15, 0.2) is 48.5 Å². The molecule has 3 nitrogen and oxygen atoms in total. The number of pyridine rings is 1. The summed E-state index contributed by atoms with van der Waals surface area (Å²) in [5, 5.41) is 0.988. The van der Waals surface area contributed by atoms with Crippen molar-refractivity contribution < 1.29 is 27.0 Å². The lowest BCUT2D eigenvalue weighted by atomic mass is 10.1. The molecule has 0 saturated heterocycles. The molecule has 0 unspecified atom stereocenters. The Morgan fingerprint density at radius 1 is 0.852 bits per heavy atom. The first-order valence-electron chi connectivity index (χ1n) is 8.00. The molecular formula is C20H15F4NO2. The molecule has 0 fully saturated rings. The molecule has 3 rings (SSSR count). The Bertz CT molecular complexity index is 973. The van der Waals surface area contributed by atoms with Crippen molar-refractivity contribution in [1.82, 2.24) is 4.98 Å². The fourth-order valence-electron chi connectivity index (χ4n) is 2.56. The van der Waals surface area contributed by atoms with E-state index in [0.29, 0.717) is 5.69 Å². The van der Waals surface area contributed by atoms with Gasteiger partial charge in [-0.2, -0.15) is 17.6 Å². The van der Waals surface area contributed by atoms with E-state index in [-0.39, 0.29) is 17.1 Å². The zero-order valence-electron chi connectivity index (χ0n) is 14.2.